The molecule has 1 aliphatic heterocycles. The summed E-state index contributed by atoms with van der Waals surface area (Å²) in [5, 5.41) is 6.82. The van der Waals surface area contributed by atoms with Crippen LogP contribution in [0.1, 0.15) is 6.42 Å². The van der Waals surface area contributed by atoms with Gasteiger partial charge in [-0.15, -0.1) is 0 Å². The van der Waals surface area contributed by atoms with Crippen molar-refractivity contribution in [1.82, 2.24) is 24.7 Å². The van der Waals surface area contributed by atoms with E-state index in [1.54, 1.807) is 19.5 Å². The van der Waals surface area contributed by atoms with Gasteiger partial charge in [-0.25, -0.2) is 9.97 Å². The zero-order valence-electron chi connectivity index (χ0n) is 13.5. The number of methoxy groups -OCH3 is 1. The smallest absolute Gasteiger partial charge is 0.145 e. The zero-order valence-corrected chi connectivity index (χ0v) is 13.5. The van der Waals surface area contributed by atoms with E-state index >= 15 is 0 Å². The van der Waals surface area contributed by atoms with Crippen molar-refractivity contribution in [3.8, 4) is 11.4 Å². The number of anilines is 1. The van der Waals surface area contributed by atoms with E-state index in [-0.39, 0.29) is 12.1 Å². The molecule has 1 fully saturated rings. The summed E-state index contributed by atoms with van der Waals surface area (Å²) in [7, 11) is 1.76. The summed E-state index contributed by atoms with van der Waals surface area (Å²) in [5.41, 5.74) is 2.60. The van der Waals surface area contributed by atoms with Crippen molar-refractivity contribution in [3.63, 3.8) is 0 Å². The minimum absolute atomic E-state index is 0.174. The molecule has 7 heteroatoms. The number of hydrogen-bond acceptors (Lipinski definition) is 6. The number of pyridine rings is 1. The maximum Gasteiger partial charge on any atom is 0.145 e. The van der Waals surface area contributed by atoms with Crippen LogP contribution in [-0.2, 0) is 4.74 Å². The van der Waals surface area contributed by atoms with E-state index in [2.05, 4.69) is 20.6 Å². The summed E-state index contributed by atoms with van der Waals surface area (Å²) in [6.45, 7) is 1.82. The van der Waals surface area contributed by atoms with Gasteiger partial charge in [0.15, 0.2) is 0 Å². The number of hydrogen-bond donors (Lipinski definition) is 2. The normalized spacial score (nSPS) is 21.0. The number of fused-ring (bicyclic) bond motifs is 1. The molecule has 7 nitrogen and oxygen atoms in total. The summed E-state index contributed by atoms with van der Waals surface area (Å²) in [6, 6.07) is 6.09. The minimum atomic E-state index is 0.174. The van der Waals surface area contributed by atoms with Gasteiger partial charge in [0.2, 0.25) is 0 Å². The Morgan fingerprint density at radius 1 is 1.29 bits per heavy atom. The van der Waals surface area contributed by atoms with Crippen molar-refractivity contribution in [2.45, 2.75) is 18.6 Å². The van der Waals surface area contributed by atoms with E-state index in [9.17, 15) is 0 Å². The van der Waals surface area contributed by atoms with E-state index in [4.69, 9.17) is 9.72 Å². The van der Waals surface area contributed by atoms with Crippen molar-refractivity contribution in [1.29, 1.82) is 0 Å². The summed E-state index contributed by atoms with van der Waals surface area (Å²) >= 11 is 0. The number of aromatic nitrogens is 4. The van der Waals surface area contributed by atoms with Crippen LogP contribution < -0.4 is 10.6 Å². The van der Waals surface area contributed by atoms with Crippen molar-refractivity contribution < 1.29 is 4.74 Å². The molecule has 3 aromatic rings. The lowest BCUT2D eigenvalue weighted by Crippen LogP contribution is -2.49. The van der Waals surface area contributed by atoms with Gasteiger partial charge in [0.1, 0.15) is 17.2 Å². The molecule has 0 aromatic carbocycles. The van der Waals surface area contributed by atoms with Gasteiger partial charge in [-0.1, -0.05) is 6.07 Å². The van der Waals surface area contributed by atoms with Gasteiger partial charge in [-0.05, 0) is 25.1 Å². The van der Waals surface area contributed by atoms with Crippen LogP contribution in [0.5, 0.6) is 0 Å². The standard InChI is InChI=1S/C17H20N6O/c1-24-15-5-6-18-9-13(15)22-16-11-19-8-12(21-16)14-10-20-17-4-2-3-7-23(14)17/h2-4,7-8,10-11,13,15,18H,5-6,9H2,1H3,(H,21,22)/t13-,15-/m1/s1. The Bertz CT molecular complexity index is 833. The van der Waals surface area contributed by atoms with Gasteiger partial charge in [-0.2, -0.15) is 0 Å². The van der Waals surface area contributed by atoms with E-state index in [0.29, 0.717) is 0 Å². The molecule has 0 radical (unpaired) electrons. The molecule has 0 spiro atoms. The third-order valence-corrected chi connectivity index (χ3v) is 4.37. The zero-order chi connectivity index (χ0) is 16.4. The summed E-state index contributed by atoms with van der Waals surface area (Å²) in [6.07, 6.45) is 8.46. The molecule has 24 heavy (non-hydrogen) atoms. The van der Waals surface area contributed by atoms with Gasteiger partial charge in [-0.3, -0.25) is 9.38 Å². The fourth-order valence-electron chi connectivity index (χ4n) is 3.13. The van der Waals surface area contributed by atoms with Crippen LogP contribution in [0.3, 0.4) is 0 Å². The quantitative estimate of drug-likeness (QED) is 0.759. The van der Waals surface area contributed by atoms with Crippen LogP contribution in [0.2, 0.25) is 0 Å². The summed E-state index contributed by atoms with van der Waals surface area (Å²) in [5.74, 6) is 0.745. The van der Waals surface area contributed by atoms with Crippen molar-refractivity contribution in [3.05, 3.63) is 43.0 Å². The molecule has 1 aliphatic rings. The lowest BCUT2D eigenvalue weighted by Gasteiger charge is -2.31. The molecule has 0 aliphatic carbocycles. The molecular formula is C17H20N6O. The second-order valence-corrected chi connectivity index (χ2v) is 5.88. The first-order valence-electron chi connectivity index (χ1n) is 8.10. The monoisotopic (exact) mass is 324 g/mol. The van der Waals surface area contributed by atoms with E-state index in [1.807, 2.05) is 35.0 Å². The SMILES string of the molecule is CO[C@@H]1CCNC[C@H]1Nc1cncc(-c2cnc3ccccn23)n1. The number of piperidine rings is 1. The third-order valence-electron chi connectivity index (χ3n) is 4.37. The molecule has 2 N–H and O–H groups in total. The Hall–Kier alpha value is -2.51. The number of imidazole rings is 1. The Morgan fingerprint density at radius 2 is 2.25 bits per heavy atom. The van der Waals surface area contributed by atoms with Crippen molar-refractivity contribution in [2.75, 3.05) is 25.5 Å². The predicted octanol–water partition coefficient (Wildman–Crippen LogP) is 1.58. The highest BCUT2D eigenvalue weighted by Crippen LogP contribution is 2.20. The first kappa shape index (κ1) is 15.0. The topological polar surface area (TPSA) is 76.4 Å². The van der Waals surface area contributed by atoms with E-state index in [1.165, 1.54) is 0 Å². The Labute approximate surface area is 140 Å². The molecule has 0 unspecified atom stereocenters. The van der Waals surface area contributed by atoms with Crippen LogP contribution in [-0.4, -0.2) is 51.7 Å². The van der Waals surface area contributed by atoms with Gasteiger partial charge in [0, 0.05) is 19.9 Å². The Balaban J connectivity index is 1.62. The maximum absolute atomic E-state index is 5.57. The van der Waals surface area contributed by atoms with Crippen molar-refractivity contribution in [2.24, 2.45) is 0 Å². The molecule has 3 aromatic heterocycles. The average molecular weight is 324 g/mol. The second-order valence-electron chi connectivity index (χ2n) is 5.88. The molecule has 124 valence electrons. The van der Waals surface area contributed by atoms with Crippen LogP contribution >= 0.6 is 0 Å². The van der Waals surface area contributed by atoms with Gasteiger partial charge in [0.05, 0.1) is 36.4 Å². The molecule has 4 heterocycles. The number of rotatable bonds is 4. The van der Waals surface area contributed by atoms with E-state index < -0.39 is 0 Å². The van der Waals surface area contributed by atoms with Crippen LogP contribution in [0.4, 0.5) is 5.82 Å². The van der Waals surface area contributed by atoms with E-state index in [0.717, 1.165) is 42.4 Å². The highest BCUT2D eigenvalue weighted by atomic mass is 16.5. The fourth-order valence-corrected chi connectivity index (χ4v) is 3.13. The molecule has 2 atom stereocenters. The first-order valence-corrected chi connectivity index (χ1v) is 8.10. The molecule has 0 saturated carbocycles. The molecular weight excluding hydrogens is 304 g/mol. The second kappa shape index (κ2) is 6.54. The third kappa shape index (κ3) is 2.83. The number of ether oxygens (including phenoxy) is 1. The lowest BCUT2D eigenvalue weighted by atomic mass is 10.0. The fraction of sp³-hybridized carbons (Fsp3) is 0.353. The van der Waals surface area contributed by atoms with Crippen LogP contribution in [0.15, 0.2) is 43.0 Å². The van der Waals surface area contributed by atoms with Crippen LogP contribution in [0, 0.1) is 0 Å². The summed E-state index contributed by atoms with van der Waals surface area (Å²) < 4.78 is 7.58. The lowest BCUT2D eigenvalue weighted by molar-refractivity contribution is 0.0664. The molecule has 1 saturated heterocycles. The number of nitrogens with one attached hydrogen (secondary N) is 2. The maximum atomic E-state index is 5.57. The molecule has 0 bridgehead atoms. The Kier molecular flexibility index (Phi) is 4.10. The number of nitrogens with zero attached hydrogens (tertiary/aromatic N) is 4. The predicted molar refractivity (Wildman–Crippen MR) is 91.9 cm³/mol. The van der Waals surface area contributed by atoms with Crippen LogP contribution in [0.25, 0.3) is 17.0 Å². The first-order chi connectivity index (χ1) is 11.8. The highest BCUT2D eigenvalue weighted by Gasteiger charge is 2.25. The molecule has 0 amide bonds. The highest BCUT2D eigenvalue weighted by molar-refractivity contribution is 5.60. The Morgan fingerprint density at radius 3 is 3.17 bits per heavy atom. The summed E-state index contributed by atoms with van der Waals surface area (Å²) in [4.78, 5) is 13.5. The van der Waals surface area contributed by atoms with Gasteiger partial charge < -0.3 is 15.4 Å². The largest absolute Gasteiger partial charge is 0.379 e. The van der Waals surface area contributed by atoms with Gasteiger partial charge >= 0.3 is 0 Å². The van der Waals surface area contributed by atoms with Crippen molar-refractivity contribution >= 4 is 11.5 Å². The minimum Gasteiger partial charge on any atom is -0.379 e. The van der Waals surface area contributed by atoms with Gasteiger partial charge in [0.25, 0.3) is 0 Å². The average Bonchev–Trinajstić information content (AvgIpc) is 3.06. The molecule has 4 rings (SSSR count).